The molecule has 1 aliphatic carbocycles. The van der Waals surface area contributed by atoms with E-state index in [1.807, 2.05) is 0 Å². The van der Waals surface area contributed by atoms with E-state index in [1.54, 1.807) is 0 Å². The maximum atomic E-state index is 13.4. The summed E-state index contributed by atoms with van der Waals surface area (Å²) in [4.78, 5) is 2.23. The van der Waals surface area contributed by atoms with Gasteiger partial charge in [-0.15, -0.1) is 0 Å². The lowest BCUT2D eigenvalue weighted by atomic mass is 10.0. The van der Waals surface area contributed by atoms with Crippen LogP contribution in [0.5, 0.6) is 0 Å². The highest BCUT2D eigenvalue weighted by Gasteiger charge is 2.33. The van der Waals surface area contributed by atoms with Crippen molar-refractivity contribution in [2.24, 2.45) is 0 Å². The fourth-order valence-corrected chi connectivity index (χ4v) is 2.52. The Labute approximate surface area is 78.7 Å². The third-order valence-electron chi connectivity index (χ3n) is 3.37. The van der Waals surface area contributed by atoms with Gasteiger partial charge in [0.1, 0.15) is 6.17 Å². The summed E-state index contributed by atoms with van der Waals surface area (Å²) < 4.78 is 13.4. The van der Waals surface area contributed by atoms with Crippen LogP contribution in [0.4, 0.5) is 4.39 Å². The van der Waals surface area contributed by atoms with Crippen LogP contribution in [0.1, 0.15) is 32.1 Å². The number of aliphatic hydroxyl groups excluding tert-OH is 1. The minimum atomic E-state index is -0.616. The van der Waals surface area contributed by atoms with Crippen molar-refractivity contribution < 1.29 is 9.50 Å². The summed E-state index contributed by atoms with van der Waals surface area (Å²) in [6.07, 6.45) is 3.67. The van der Waals surface area contributed by atoms with Crippen molar-refractivity contribution in [3.8, 4) is 0 Å². The molecule has 0 amide bonds. The Morgan fingerprint density at radius 2 is 1.77 bits per heavy atom. The second-order valence-electron chi connectivity index (χ2n) is 4.28. The second-order valence-corrected chi connectivity index (χ2v) is 4.28. The van der Waals surface area contributed by atoms with E-state index in [9.17, 15) is 9.50 Å². The molecule has 2 aliphatic rings. The van der Waals surface area contributed by atoms with Crippen molar-refractivity contribution in [3.05, 3.63) is 0 Å². The highest BCUT2D eigenvalue weighted by molar-refractivity contribution is 4.87. The van der Waals surface area contributed by atoms with Gasteiger partial charge in [-0.05, 0) is 32.1 Å². The van der Waals surface area contributed by atoms with Crippen molar-refractivity contribution in [3.63, 3.8) is 0 Å². The van der Waals surface area contributed by atoms with E-state index in [1.165, 1.54) is 0 Å². The predicted octanol–water partition coefficient (Wildman–Crippen LogP) is 1.33. The maximum absolute atomic E-state index is 13.4. The summed E-state index contributed by atoms with van der Waals surface area (Å²) in [5, 5.41) is 9.32. The summed E-state index contributed by atoms with van der Waals surface area (Å²) in [7, 11) is 0. The number of hydrogen-bond acceptors (Lipinski definition) is 2. The summed E-state index contributed by atoms with van der Waals surface area (Å²) in [6.45, 7) is 1.76. The molecule has 0 spiro atoms. The van der Waals surface area contributed by atoms with Crippen LogP contribution in [-0.2, 0) is 0 Å². The highest BCUT2D eigenvalue weighted by Crippen LogP contribution is 2.28. The van der Waals surface area contributed by atoms with Crippen LogP contribution in [0.25, 0.3) is 0 Å². The standard InChI is InChI=1S/C10H18FNO/c11-9-2-1-3-10(9)12-6-4-8(13)5-7-12/h8-10,13H,1-7H2. The first-order chi connectivity index (χ1) is 6.27. The van der Waals surface area contributed by atoms with Crippen LogP contribution >= 0.6 is 0 Å². The van der Waals surface area contributed by atoms with E-state index < -0.39 is 6.17 Å². The lowest BCUT2D eigenvalue weighted by molar-refractivity contribution is 0.0436. The van der Waals surface area contributed by atoms with Gasteiger partial charge in [-0.2, -0.15) is 0 Å². The zero-order valence-electron chi connectivity index (χ0n) is 7.95. The monoisotopic (exact) mass is 187 g/mol. The van der Waals surface area contributed by atoms with Gasteiger partial charge in [0.15, 0.2) is 0 Å². The largest absolute Gasteiger partial charge is 0.393 e. The molecule has 76 valence electrons. The summed E-state index contributed by atoms with van der Waals surface area (Å²) >= 11 is 0. The zero-order valence-corrected chi connectivity index (χ0v) is 7.95. The third-order valence-corrected chi connectivity index (χ3v) is 3.37. The molecule has 3 heteroatoms. The minimum Gasteiger partial charge on any atom is -0.393 e. The molecule has 1 heterocycles. The quantitative estimate of drug-likeness (QED) is 0.669. The van der Waals surface area contributed by atoms with Crippen molar-refractivity contribution in [1.29, 1.82) is 0 Å². The maximum Gasteiger partial charge on any atom is 0.116 e. The molecule has 2 unspecified atom stereocenters. The van der Waals surface area contributed by atoms with E-state index in [4.69, 9.17) is 0 Å². The third kappa shape index (κ3) is 2.02. The number of nitrogens with zero attached hydrogens (tertiary/aromatic N) is 1. The summed E-state index contributed by atoms with van der Waals surface area (Å²) in [5.41, 5.74) is 0. The molecule has 1 aliphatic heterocycles. The van der Waals surface area contributed by atoms with Crippen molar-refractivity contribution in [1.82, 2.24) is 4.90 Å². The first kappa shape index (κ1) is 9.41. The Morgan fingerprint density at radius 3 is 2.31 bits per heavy atom. The Kier molecular flexibility index (Phi) is 2.84. The van der Waals surface area contributed by atoms with E-state index in [2.05, 4.69) is 4.90 Å². The van der Waals surface area contributed by atoms with Gasteiger partial charge in [-0.3, -0.25) is 4.90 Å². The first-order valence-electron chi connectivity index (χ1n) is 5.33. The Morgan fingerprint density at radius 1 is 1.08 bits per heavy atom. The molecule has 1 saturated heterocycles. The number of aliphatic hydroxyl groups is 1. The van der Waals surface area contributed by atoms with Gasteiger partial charge in [0.2, 0.25) is 0 Å². The molecule has 0 aromatic heterocycles. The number of hydrogen-bond donors (Lipinski definition) is 1. The van der Waals surface area contributed by atoms with Crippen LogP contribution < -0.4 is 0 Å². The van der Waals surface area contributed by atoms with Crippen molar-refractivity contribution >= 4 is 0 Å². The molecule has 2 atom stereocenters. The van der Waals surface area contributed by atoms with Gasteiger partial charge in [0.05, 0.1) is 6.10 Å². The lowest BCUT2D eigenvalue weighted by Gasteiger charge is -2.35. The minimum absolute atomic E-state index is 0.143. The van der Waals surface area contributed by atoms with Gasteiger partial charge < -0.3 is 5.11 Å². The molecule has 1 N–H and O–H groups in total. The first-order valence-corrected chi connectivity index (χ1v) is 5.33. The number of rotatable bonds is 1. The fraction of sp³-hybridized carbons (Fsp3) is 1.00. The SMILES string of the molecule is OC1CCN(C2CCCC2F)CC1. The topological polar surface area (TPSA) is 23.5 Å². The predicted molar refractivity (Wildman–Crippen MR) is 49.3 cm³/mol. The van der Waals surface area contributed by atoms with Crippen LogP contribution in [0.15, 0.2) is 0 Å². The molecule has 13 heavy (non-hydrogen) atoms. The lowest BCUT2D eigenvalue weighted by Crippen LogP contribution is -2.45. The molecule has 0 bridgehead atoms. The average Bonchev–Trinajstić information content (AvgIpc) is 2.53. The second kappa shape index (κ2) is 3.93. The van der Waals surface area contributed by atoms with Gasteiger partial charge in [0.25, 0.3) is 0 Å². The van der Waals surface area contributed by atoms with Crippen molar-refractivity contribution in [2.75, 3.05) is 13.1 Å². The highest BCUT2D eigenvalue weighted by atomic mass is 19.1. The Bertz CT molecular complexity index is 168. The fourth-order valence-electron chi connectivity index (χ4n) is 2.52. The Balaban J connectivity index is 1.86. The molecular weight excluding hydrogens is 169 g/mol. The summed E-state index contributed by atoms with van der Waals surface area (Å²) in [6, 6.07) is 0.160. The molecule has 2 rings (SSSR count). The molecule has 0 aromatic rings. The molecule has 0 radical (unpaired) electrons. The Hall–Kier alpha value is -0.150. The smallest absolute Gasteiger partial charge is 0.116 e. The van der Waals surface area contributed by atoms with E-state index in [-0.39, 0.29) is 12.1 Å². The molecule has 2 fully saturated rings. The van der Waals surface area contributed by atoms with Crippen LogP contribution in [-0.4, -0.2) is 41.4 Å². The van der Waals surface area contributed by atoms with Crippen LogP contribution in [0.3, 0.4) is 0 Å². The summed E-state index contributed by atoms with van der Waals surface area (Å²) in [5.74, 6) is 0. The van der Waals surface area contributed by atoms with Gasteiger partial charge in [0, 0.05) is 19.1 Å². The van der Waals surface area contributed by atoms with E-state index in [0.29, 0.717) is 0 Å². The van der Waals surface area contributed by atoms with Crippen LogP contribution in [0, 0.1) is 0 Å². The number of piperidine rings is 1. The molecule has 1 saturated carbocycles. The average molecular weight is 187 g/mol. The molecular formula is C10H18FNO. The van der Waals surface area contributed by atoms with E-state index >= 15 is 0 Å². The van der Waals surface area contributed by atoms with Gasteiger partial charge >= 0.3 is 0 Å². The van der Waals surface area contributed by atoms with Gasteiger partial charge in [-0.1, -0.05) is 0 Å². The molecule has 2 nitrogen and oxygen atoms in total. The van der Waals surface area contributed by atoms with E-state index in [0.717, 1.165) is 45.2 Å². The number of likely N-dealkylation sites (tertiary alicyclic amines) is 1. The van der Waals surface area contributed by atoms with Crippen molar-refractivity contribution in [2.45, 2.75) is 50.4 Å². The molecule has 0 aromatic carbocycles. The number of halogens is 1. The number of alkyl halides is 1. The zero-order chi connectivity index (χ0) is 9.26. The van der Waals surface area contributed by atoms with Crippen LogP contribution in [0.2, 0.25) is 0 Å². The van der Waals surface area contributed by atoms with Gasteiger partial charge in [-0.25, -0.2) is 4.39 Å². The normalized spacial score (nSPS) is 38.3.